The number of aliphatic carboxylic acids is 1. The highest BCUT2D eigenvalue weighted by molar-refractivity contribution is 5.81. The standard InChI is InChI=1S/C33H44N2O8/c1-32(2,3)42-28(36)19-35(20-29(37)43-33(4,5)6)18-12-11-17-27(30(38)39)34-31(40)41-21-26-24-15-9-7-13-22(24)23-14-8-10-16-25(23)26/h7-10,13-16,26-27H,11-12,17-21H2,1-6H3,(H,34,40)(H,38,39). The molecule has 3 rings (SSSR count). The van der Waals surface area contributed by atoms with Crippen LogP contribution >= 0.6 is 0 Å². The molecule has 0 aromatic heterocycles. The molecule has 10 heteroatoms. The van der Waals surface area contributed by atoms with Gasteiger partial charge in [-0.05, 0) is 89.6 Å². The smallest absolute Gasteiger partial charge is 0.407 e. The van der Waals surface area contributed by atoms with Crippen LogP contribution < -0.4 is 5.32 Å². The molecular weight excluding hydrogens is 552 g/mol. The van der Waals surface area contributed by atoms with E-state index in [0.717, 1.165) is 22.3 Å². The van der Waals surface area contributed by atoms with Gasteiger partial charge >= 0.3 is 24.0 Å². The van der Waals surface area contributed by atoms with E-state index in [9.17, 15) is 24.3 Å². The monoisotopic (exact) mass is 596 g/mol. The van der Waals surface area contributed by atoms with Crippen LogP contribution in [-0.4, -0.2) is 77.5 Å². The fourth-order valence-electron chi connectivity index (χ4n) is 5.05. The first-order valence-corrected chi connectivity index (χ1v) is 14.6. The lowest BCUT2D eigenvalue weighted by atomic mass is 9.98. The number of ether oxygens (including phenoxy) is 3. The van der Waals surface area contributed by atoms with Gasteiger partial charge in [0.15, 0.2) is 0 Å². The Bertz CT molecular complexity index is 1220. The number of hydrogen-bond acceptors (Lipinski definition) is 8. The lowest BCUT2D eigenvalue weighted by Crippen LogP contribution is -2.42. The first-order chi connectivity index (χ1) is 20.1. The molecule has 0 bridgehead atoms. The summed E-state index contributed by atoms with van der Waals surface area (Å²) in [6.07, 6.45) is 0.235. The summed E-state index contributed by atoms with van der Waals surface area (Å²) in [4.78, 5) is 51.0. The molecule has 1 unspecified atom stereocenters. The molecule has 10 nitrogen and oxygen atoms in total. The molecule has 2 aromatic rings. The molecule has 0 saturated carbocycles. The maximum atomic E-state index is 12.6. The average Bonchev–Trinajstić information content (AvgIpc) is 3.20. The minimum absolute atomic E-state index is 0.0799. The predicted octanol–water partition coefficient (Wildman–Crippen LogP) is 5.13. The first kappa shape index (κ1) is 33.6. The Kier molecular flexibility index (Phi) is 11.3. The third kappa shape index (κ3) is 10.7. The highest BCUT2D eigenvalue weighted by Crippen LogP contribution is 2.44. The minimum Gasteiger partial charge on any atom is -0.480 e. The van der Waals surface area contributed by atoms with Crippen molar-refractivity contribution in [2.45, 2.75) is 84.0 Å². The number of benzene rings is 2. The number of rotatable bonds is 13. The zero-order valence-corrected chi connectivity index (χ0v) is 26.0. The number of carboxylic acids is 1. The number of amides is 1. The molecule has 2 N–H and O–H groups in total. The number of esters is 2. The van der Waals surface area contributed by atoms with Gasteiger partial charge in [-0.2, -0.15) is 0 Å². The van der Waals surface area contributed by atoms with Crippen molar-refractivity contribution >= 4 is 24.0 Å². The van der Waals surface area contributed by atoms with Crippen molar-refractivity contribution in [3.63, 3.8) is 0 Å². The molecule has 1 aliphatic carbocycles. The van der Waals surface area contributed by atoms with Crippen molar-refractivity contribution in [1.29, 1.82) is 0 Å². The zero-order chi connectivity index (χ0) is 31.8. The highest BCUT2D eigenvalue weighted by atomic mass is 16.6. The number of fused-ring (bicyclic) bond motifs is 3. The molecule has 2 aromatic carbocycles. The van der Waals surface area contributed by atoms with Crippen molar-refractivity contribution in [3.8, 4) is 11.1 Å². The third-order valence-electron chi connectivity index (χ3n) is 6.70. The second kappa shape index (κ2) is 14.5. The van der Waals surface area contributed by atoms with Gasteiger partial charge in [-0.15, -0.1) is 0 Å². The summed E-state index contributed by atoms with van der Waals surface area (Å²) < 4.78 is 16.3. The quantitative estimate of drug-likeness (QED) is 0.183. The van der Waals surface area contributed by atoms with Gasteiger partial charge in [0.05, 0.1) is 13.1 Å². The van der Waals surface area contributed by atoms with Gasteiger partial charge < -0.3 is 24.6 Å². The van der Waals surface area contributed by atoms with E-state index in [4.69, 9.17) is 14.2 Å². The van der Waals surface area contributed by atoms with Gasteiger partial charge in [0.25, 0.3) is 0 Å². The molecule has 0 radical (unpaired) electrons. The van der Waals surface area contributed by atoms with E-state index < -0.39 is 41.2 Å². The second-order valence-electron chi connectivity index (χ2n) is 12.7. The van der Waals surface area contributed by atoms with Gasteiger partial charge in [0.1, 0.15) is 23.9 Å². The van der Waals surface area contributed by atoms with Crippen LogP contribution in [0.4, 0.5) is 4.79 Å². The van der Waals surface area contributed by atoms with Crippen LogP contribution in [0.3, 0.4) is 0 Å². The molecular formula is C33H44N2O8. The normalized spacial score (nSPS) is 13.6. The van der Waals surface area contributed by atoms with E-state index >= 15 is 0 Å². The Balaban J connectivity index is 1.52. The van der Waals surface area contributed by atoms with E-state index in [2.05, 4.69) is 5.32 Å². The third-order valence-corrected chi connectivity index (χ3v) is 6.70. The lowest BCUT2D eigenvalue weighted by molar-refractivity contribution is -0.159. The Morgan fingerprint density at radius 3 is 1.77 bits per heavy atom. The molecule has 0 saturated heterocycles. The van der Waals surface area contributed by atoms with Crippen molar-refractivity contribution in [3.05, 3.63) is 59.7 Å². The Morgan fingerprint density at radius 2 is 1.30 bits per heavy atom. The number of hydrogen-bond donors (Lipinski definition) is 2. The number of unbranched alkanes of at least 4 members (excludes halogenated alkanes) is 1. The summed E-state index contributed by atoms with van der Waals surface area (Å²) in [5.41, 5.74) is 2.98. The topological polar surface area (TPSA) is 131 Å². The Labute approximate surface area is 253 Å². The zero-order valence-electron chi connectivity index (χ0n) is 26.0. The average molecular weight is 597 g/mol. The highest BCUT2D eigenvalue weighted by Gasteiger charge is 2.30. The van der Waals surface area contributed by atoms with Crippen LogP contribution in [0, 0.1) is 0 Å². The molecule has 234 valence electrons. The summed E-state index contributed by atoms with van der Waals surface area (Å²) in [5.74, 6) is -2.26. The van der Waals surface area contributed by atoms with Gasteiger partial charge in [-0.3, -0.25) is 14.5 Å². The fourth-order valence-corrected chi connectivity index (χ4v) is 5.05. The van der Waals surface area contributed by atoms with Crippen molar-refractivity contribution in [1.82, 2.24) is 10.2 Å². The molecule has 1 aliphatic rings. The van der Waals surface area contributed by atoms with E-state index in [1.54, 1.807) is 46.4 Å². The Hall–Kier alpha value is -3.92. The second-order valence-corrected chi connectivity index (χ2v) is 12.7. The number of carboxylic acid groups (broad SMARTS) is 1. The van der Waals surface area contributed by atoms with Gasteiger partial charge in [0, 0.05) is 5.92 Å². The van der Waals surface area contributed by atoms with Gasteiger partial charge in [-0.25, -0.2) is 9.59 Å². The maximum Gasteiger partial charge on any atom is 0.407 e. The Morgan fingerprint density at radius 1 is 0.814 bits per heavy atom. The van der Waals surface area contributed by atoms with Crippen molar-refractivity contribution in [2.24, 2.45) is 0 Å². The molecule has 0 fully saturated rings. The number of nitrogens with one attached hydrogen (secondary N) is 1. The lowest BCUT2D eigenvalue weighted by Gasteiger charge is -2.26. The van der Waals surface area contributed by atoms with E-state index in [1.165, 1.54) is 0 Å². The van der Waals surface area contributed by atoms with Crippen LogP contribution in [0.15, 0.2) is 48.5 Å². The largest absolute Gasteiger partial charge is 0.480 e. The van der Waals surface area contributed by atoms with Crippen LogP contribution in [0.25, 0.3) is 11.1 Å². The molecule has 0 heterocycles. The first-order valence-electron chi connectivity index (χ1n) is 14.6. The van der Waals surface area contributed by atoms with Gasteiger partial charge in [-0.1, -0.05) is 48.5 Å². The summed E-state index contributed by atoms with van der Waals surface area (Å²) >= 11 is 0. The molecule has 0 aliphatic heterocycles. The minimum atomic E-state index is -1.17. The molecule has 43 heavy (non-hydrogen) atoms. The SMILES string of the molecule is CC(C)(C)OC(=O)CN(CCCCC(NC(=O)OCC1c2ccccc2-c2ccccc21)C(=O)O)CC(=O)OC(C)(C)C. The maximum absolute atomic E-state index is 12.6. The van der Waals surface area contributed by atoms with Crippen molar-refractivity contribution in [2.75, 3.05) is 26.2 Å². The summed E-state index contributed by atoms with van der Waals surface area (Å²) in [6.45, 7) is 10.8. The van der Waals surface area contributed by atoms with Crippen LogP contribution in [0.2, 0.25) is 0 Å². The fraction of sp³-hybridized carbons (Fsp3) is 0.515. The van der Waals surface area contributed by atoms with Crippen molar-refractivity contribution < 1.29 is 38.5 Å². The van der Waals surface area contributed by atoms with E-state index in [-0.39, 0.29) is 32.0 Å². The van der Waals surface area contributed by atoms with Crippen LogP contribution in [0.5, 0.6) is 0 Å². The summed E-state index contributed by atoms with van der Waals surface area (Å²) in [5, 5.41) is 12.2. The number of nitrogens with zero attached hydrogens (tertiary/aromatic N) is 1. The van der Waals surface area contributed by atoms with Crippen LogP contribution in [0.1, 0.15) is 77.8 Å². The summed E-state index contributed by atoms with van der Waals surface area (Å²) in [7, 11) is 0. The molecule has 1 atom stereocenters. The number of carbonyl (C=O) groups excluding carboxylic acids is 3. The number of carbonyl (C=O) groups is 4. The number of alkyl carbamates (subject to hydrolysis) is 1. The van der Waals surface area contributed by atoms with Gasteiger partial charge in [0.2, 0.25) is 0 Å². The van der Waals surface area contributed by atoms with Crippen LogP contribution in [-0.2, 0) is 28.6 Å². The summed E-state index contributed by atoms with van der Waals surface area (Å²) in [6, 6.07) is 14.8. The van der Waals surface area contributed by atoms with E-state index in [0.29, 0.717) is 19.4 Å². The predicted molar refractivity (Wildman–Crippen MR) is 162 cm³/mol. The van der Waals surface area contributed by atoms with E-state index in [1.807, 2.05) is 48.5 Å². The molecule has 0 spiro atoms. The molecule has 1 amide bonds.